The molecule has 76 valence electrons. The molecule has 1 atom stereocenters. The standard InChI is InChI=1S/C9H17ClN2O/c1-6(11)9(13)12-8-4-2-7(10)3-5-8/h6-8H,2-5,11H2,1H3,(H,12,13)/t6-,7?,8?/m0/s1. The molecule has 0 saturated heterocycles. The van der Waals surface area contributed by atoms with Crippen molar-refractivity contribution < 1.29 is 4.79 Å². The molecule has 1 saturated carbocycles. The quantitative estimate of drug-likeness (QED) is 0.660. The molecule has 3 N–H and O–H groups in total. The van der Waals surface area contributed by atoms with Crippen molar-refractivity contribution in [2.75, 3.05) is 0 Å². The first-order valence-corrected chi connectivity index (χ1v) is 5.23. The van der Waals surface area contributed by atoms with Crippen molar-refractivity contribution in [1.29, 1.82) is 0 Å². The van der Waals surface area contributed by atoms with Crippen LogP contribution in [-0.4, -0.2) is 23.4 Å². The molecule has 4 heteroatoms. The lowest BCUT2D eigenvalue weighted by Gasteiger charge is -2.26. The smallest absolute Gasteiger partial charge is 0.236 e. The van der Waals surface area contributed by atoms with Gasteiger partial charge in [0.1, 0.15) is 0 Å². The summed E-state index contributed by atoms with van der Waals surface area (Å²) >= 11 is 5.94. The molecular formula is C9H17ClN2O. The van der Waals surface area contributed by atoms with Crippen LogP contribution in [0.1, 0.15) is 32.6 Å². The molecule has 1 aliphatic carbocycles. The van der Waals surface area contributed by atoms with Crippen LogP contribution in [0.15, 0.2) is 0 Å². The maximum absolute atomic E-state index is 11.2. The molecule has 1 fully saturated rings. The molecule has 0 spiro atoms. The first kappa shape index (κ1) is 10.8. The van der Waals surface area contributed by atoms with Crippen LogP contribution in [0.2, 0.25) is 0 Å². The first-order chi connectivity index (χ1) is 6.09. The number of alkyl halides is 1. The number of hydrogen-bond donors (Lipinski definition) is 2. The maximum atomic E-state index is 11.2. The predicted molar refractivity (Wildman–Crippen MR) is 53.7 cm³/mol. The summed E-state index contributed by atoms with van der Waals surface area (Å²) in [7, 11) is 0. The number of nitrogens with two attached hydrogens (primary N) is 1. The van der Waals surface area contributed by atoms with Crippen LogP contribution >= 0.6 is 11.6 Å². The average Bonchev–Trinajstić information content (AvgIpc) is 2.08. The first-order valence-electron chi connectivity index (χ1n) is 4.79. The summed E-state index contributed by atoms with van der Waals surface area (Å²) in [5, 5.41) is 3.21. The second-order valence-electron chi connectivity index (χ2n) is 3.75. The number of rotatable bonds is 2. The number of halogens is 1. The molecule has 0 bridgehead atoms. The molecule has 0 aliphatic heterocycles. The van der Waals surface area contributed by atoms with Crippen molar-refractivity contribution in [2.24, 2.45) is 5.73 Å². The zero-order valence-electron chi connectivity index (χ0n) is 7.92. The van der Waals surface area contributed by atoms with Gasteiger partial charge in [-0.1, -0.05) is 0 Å². The Hall–Kier alpha value is -0.280. The van der Waals surface area contributed by atoms with Crippen molar-refractivity contribution >= 4 is 17.5 Å². The fourth-order valence-corrected chi connectivity index (χ4v) is 1.78. The Bertz CT molecular complexity index is 176. The summed E-state index contributed by atoms with van der Waals surface area (Å²) in [5.74, 6) is -0.0574. The number of hydrogen-bond acceptors (Lipinski definition) is 2. The molecule has 0 aromatic carbocycles. The Morgan fingerprint density at radius 3 is 2.46 bits per heavy atom. The van der Waals surface area contributed by atoms with E-state index in [1.54, 1.807) is 6.92 Å². The number of carbonyl (C=O) groups excluding carboxylic acids is 1. The zero-order valence-corrected chi connectivity index (χ0v) is 8.68. The summed E-state index contributed by atoms with van der Waals surface area (Å²) in [6.07, 6.45) is 3.94. The largest absolute Gasteiger partial charge is 0.352 e. The predicted octanol–water partition coefficient (Wildman–Crippen LogP) is 1.000. The van der Waals surface area contributed by atoms with E-state index in [-0.39, 0.29) is 11.9 Å². The van der Waals surface area contributed by atoms with Gasteiger partial charge in [0.25, 0.3) is 0 Å². The lowest BCUT2D eigenvalue weighted by molar-refractivity contribution is -0.122. The van der Waals surface area contributed by atoms with E-state index in [0.717, 1.165) is 25.7 Å². The van der Waals surface area contributed by atoms with Gasteiger partial charge in [-0.3, -0.25) is 4.79 Å². The topological polar surface area (TPSA) is 55.1 Å². The second-order valence-corrected chi connectivity index (χ2v) is 4.36. The molecule has 1 aliphatic rings. The van der Waals surface area contributed by atoms with E-state index in [0.29, 0.717) is 5.38 Å². The van der Waals surface area contributed by atoms with E-state index in [1.165, 1.54) is 0 Å². The van der Waals surface area contributed by atoms with E-state index >= 15 is 0 Å². The monoisotopic (exact) mass is 204 g/mol. The number of nitrogens with one attached hydrogen (secondary N) is 1. The third kappa shape index (κ3) is 3.53. The molecule has 0 aromatic rings. The molecule has 3 nitrogen and oxygen atoms in total. The molecule has 1 amide bonds. The van der Waals surface area contributed by atoms with Gasteiger partial charge < -0.3 is 11.1 Å². The Morgan fingerprint density at radius 1 is 1.46 bits per heavy atom. The Morgan fingerprint density at radius 2 is 2.00 bits per heavy atom. The Kier molecular flexibility index (Phi) is 4.00. The van der Waals surface area contributed by atoms with Gasteiger partial charge in [0.2, 0.25) is 5.91 Å². The Labute approximate surface area is 84.0 Å². The van der Waals surface area contributed by atoms with Gasteiger partial charge in [-0.05, 0) is 32.6 Å². The number of carbonyl (C=O) groups is 1. The highest BCUT2D eigenvalue weighted by Crippen LogP contribution is 2.22. The van der Waals surface area contributed by atoms with Gasteiger partial charge in [-0.25, -0.2) is 0 Å². The van der Waals surface area contributed by atoms with Crippen LogP contribution in [0, 0.1) is 0 Å². The summed E-state index contributed by atoms with van der Waals surface area (Å²) < 4.78 is 0. The van der Waals surface area contributed by atoms with Gasteiger partial charge >= 0.3 is 0 Å². The molecular weight excluding hydrogens is 188 g/mol. The fraction of sp³-hybridized carbons (Fsp3) is 0.889. The average molecular weight is 205 g/mol. The van der Waals surface area contributed by atoms with Gasteiger partial charge in [0.05, 0.1) is 6.04 Å². The molecule has 0 heterocycles. The van der Waals surface area contributed by atoms with Crippen LogP contribution in [0.4, 0.5) is 0 Å². The summed E-state index contributed by atoms with van der Waals surface area (Å²) in [6.45, 7) is 1.70. The SMILES string of the molecule is C[C@H](N)C(=O)NC1CCC(Cl)CC1. The number of amides is 1. The molecule has 13 heavy (non-hydrogen) atoms. The third-order valence-corrected chi connectivity index (χ3v) is 2.85. The minimum Gasteiger partial charge on any atom is -0.352 e. The minimum absolute atomic E-state index is 0.0574. The summed E-state index contributed by atoms with van der Waals surface area (Å²) in [6, 6.07) is -0.123. The molecule has 1 rings (SSSR count). The van der Waals surface area contributed by atoms with Crippen molar-refractivity contribution in [2.45, 2.75) is 50.1 Å². The van der Waals surface area contributed by atoms with E-state index < -0.39 is 6.04 Å². The van der Waals surface area contributed by atoms with Crippen molar-refractivity contribution in [3.63, 3.8) is 0 Å². The lowest BCUT2D eigenvalue weighted by Crippen LogP contribution is -2.45. The summed E-state index contributed by atoms with van der Waals surface area (Å²) in [5.41, 5.74) is 5.44. The highest BCUT2D eigenvalue weighted by Gasteiger charge is 2.21. The van der Waals surface area contributed by atoms with Gasteiger partial charge in [-0.15, -0.1) is 11.6 Å². The van der Waals surface area contributed by atoms with E-state index in [9.17, 15) is 4.79 Å². The highest BCUT2D eigenvalue weighted by atomic mass is 35.5. The van der Waals surface area contributed by atoms with E-state index in [4.69, 9.17) is 17.3 Å². The highest BCUT2D eigenvalue weighted by molar-refractivity contribution is 6.20. The van der Waals surface area contributed by atoms with Crippen molar-refractivity contribution in [3.05, 3.63) is 0 Å². The third-order valence-electron chi connectivity index (χ3n) is 2.42. The lowest BCUT2D eigenvalue weighted by atomic mass is 9.95. The van der Waals surface area contributed by atoms with Crippen LogP contribution in [0.5, 0.6) is 0 Å². The van der Waals surface area contributed by atoms with Crippen molar-refractivity contribution in [3.8, 4) is 0 Å². The van der Waals surface area contributed by atoms with Gasteiger partial charge in [0, 0.05) is 11.4 Å². The van der Waals surface area contributed by atoms with Crippen LogP contribution in [-0.2, 0) is 4.79 Å². The zero-order chi connectivity index (χ0) is 9.84. The van der Waals surface area contributed by atoms with Crippen LogP contribution in [0.3, 0.4) is 0 Å². The second kappa shape index (κ2) is 4.82. The van der Waals surface area contributed by atoms with Crippen LogP contribution < -0.4 is 11.1 Å². The normalized spacial score (nSPS) is 31.0. The van der Waals surface area contributed by atoms with E-state index in [2.05, 4.69) is 5.32 Å². The fourth-order valence-electron chi connectivity index (χ4n) is 1.53. The molecule has 0 radical (unpaired) electrons. The van der Waals surface area contributed by atoms with Gasteiger partial charge in [0.15, 0.2) is 0 Å². The summed E-state index contributed by atoms with van der Waals surface area (Å²) in [4.78, 5) is 11.2. The molecule has 0 aromatic heterocycles. The van der Waals surface area contributed by atoms with Gasteiger partial charge in [-0.2, -0.15) is 0 Å². The molecule has 0 unspecified atom stereocenters. The minimum atomic E-state index is -0.409. The maximum Gasteiger partial charge on any atom is 0.236 e. The van der Waals surface area contributed by atoms with E-state index in [1.807, 2.05) is 0 Å². The van der Waals surface area contributed by atoms with Crippen molar-refractivity contribution in [1.82, 2.24) is 5.32 Å². The van der Waals surface area contributed by atoms with Crippen LogP contribution in [0.25, 0.3) is 0 Å². The Balaban J connectivity index is 2.26.